The van der Waals surface area contributed by atoms with Crippen LogP contribution in [0.3, 0.4) is 0 Å². The van der Waals surface area contributed by atoms with Crippen LogP contribution in [-0.2, 0) is 16.2 Å². The first-order valence-electron chi connectivity index (χ1n) is 8.09. The Labute approximate surface area is 180 Å². The molecule has 2 rings (SSSR count). The normalized spacial score (nSPS) is 11.0. The van der Waals surface area contributed by atoms with Gasteiger partial charge in [-0.25, -0.2) is 4.79 Å². The third-order valence-corrected chi connectivity index (χ3v) is 6.22. The number of rotatable bonds is 5. The number of amides is 2. The topological polar surface area (TPSA) is 58.6 Å². The number of anilines is 1. The highest BCUT2D eigenvalue weighted by Crippen LogP contribution is 2.26. The van der Waals surface area contributed by atoms with Gasteiger partial charge >= 0.3 is 6.09 Å². The molecule has 144 valence electrons. The molecule has 0 fully saturated rings. The fraction of sp³-hybridized carbons (Fsp3) is 0.263. The van der Waals surface area contributed by atoms with E-state index in [-0.39, 0.29) is 12.5 Å². The van der Waals surface area contributed by atoms with Crippen molar-refractivity contribution in [3.8, 4) is 0 Å². The monoisotopic (exact) mass is 516 g/mol. The molecule has 0 heterocycles. The van der Waals surface area contributed by atoms with Crippen LogP contribution in [0.25, 0.3) is 0 Å². The Morgan fingerprint density at radius 3 is 2.41 bits per heavy atom. The minimum Gasteiger partial charge on any atom is -0.318 e. The highest BCUT2D eigenvalue weighted by atomic mass is 79.9. The Balaban J connectivity index is 2.21. The van der Waals surface area contributed by atoms with Crippen LogP contribution in [0.1, 0.15) is 19.4 Å². The van der Waals surface area contributed by atoms with Crippen molar-refractivity contribution in [2.75, 3.05) is 10.6 Å². The van der Waals surface area contributed by atoms with E-state index in [9.17, 15) is 9.59 Å². The quantitative estimate of drug-likeness (QED) is 0.389. The summed E-state index contributed by atoms with van der Waals surface area (Å²) in [6.45, 7) is 3.64. The van der Waals surface area contributed by atoms with E-state index in [1.165, 1.54) is 0 Å². The number of hydrogen-bond donors (Lipinski definition) is 1. The molecule has 8 heteroatoms. The lowest BCUT2D eigenvalue weighted by Crippen LogP contribution is -2.43. The molecule has 5 nitrogen and oxygen atoms in total. The maximum absolute atomic E-state index is 12.9. The number of carbonyl (C=O) groups is 2. The van der Waals surface area contributed by atoms with E-state index in [1.807, 2.05) is 24.3 Å². The first-order chi connectivity index (χ1) is 12.7. The summed E-state index contributed by atoms with van der Waals surface area (Å²) in [6.07, 6.45) is -0.797. The number of halogens is 3. The van der Waals surface area contributed by atoms with Crippen LogP contribution in [0.2, 0.25) is 5.02 Å². The molecule has 0 saturated carbocycles. The summed E-state index contributed by atoms with van der Waals surface area (Å²) in [5, 5.41) is 4.41. The highest BCUT2D eigenvalue weighted by molar-refractivity contribution is 9.10. The largest absolute Gasteiger partial charge is 0.436 e. The average Bonchev–Trinajstić information content (AvgIpc) is 2.64. The molecule has 27 heavy (non-hydrogen) atoms. The van der Waals surface area contributed by atoms with Gasteiger partial charge in [-0.05, 0) is 23.8 Å². The zero-order chi connectivity index (χ0) is 20.0. The predicted octanol–water partition coefficient (Wildman–Crippen LogP) is 6.02. The van der Waals surface area contributed by atoms with Crippen LogP contribution in [0.15, 0.2) is 53.0 Å². The van der Waals surface area contributed by atoms with Gasteiger partial charge in [-0.1, -0.05) is 87.6 Å². The molecular weight excluding hydrogens is 499 g/mol. The second-order valence-corrected chi connectivity index (χ2v) is 8.26. The summed E-state index contributed by atoms with van der Waals surface area (Å²) < 4.78 is 0.814. The minimum absolute atomic E-state index is 0.104. The second kappa shape index (κ2) is 9.57. The molecule has 0 aliphatic rings. The number of para-hydroxylation sites is 1. The molecule has 0 unspecified atom stereocenters. The van der Waals surface area contributed by atoms with Crippen LogP contribution in [0, 0.1) is 5.41 Å². The molecule has 2 amide bonds. The van der Waals surface area contributed by atoms with E-state index in [4.69, 9.17) is 16.4 Å². The number of hydrogen-bond acceptors (Lipinski definition) is 3. The maximum atomic E-state index is 12.9. The molecule has 0 radical (unpaired) electrons. The molecule has 2 aromatic carbocycles. The van der Waals surface area contributed by atoms with E-state index in [0.717, 1.165) is 15.1 Å². The van der Waals surface area contributed by atoms with Crippen molar-refractivity contribution in [2.24, 2.45) is 5.41 Å². The molecule has 0 spiro atoms. The standard InChI is InChI=1S/C19H19Br2ClN2O3/c1-19(2,12-20)17(25)24(11-13-7-3-4-8-14(13)21)27-18(26)23-16-10-6-5-9-15(16)22/h3-10H,11-12H2,1-2H3,(H,23,26). The summed E-state index contributed by atoms with van der Waals surface area (Å²) in [5.41, 5.74) is 0.449. The zero-order valence-corrected chi connectivity index (χ0v) is 18.8. The SMILES string of the molecule is CC(C)(CBr)C(=O)N(Cc1ccccc1Br)OC(=O)Nc1ccccc1Cl. The van der Waals surface area contributed by atoms with Crippen molar-refractivity contribution in [1.29, 1.82) is 0 Å². The Morgan fingerprint density at radius 1 is 1.15 bits per heavy atom. The number of alkyl halides is 1. The second-order valence-electron chi connectivity index (χ2n) is 6.43. The van der Waals surface area contributed by atoms with Crippen molar-refractivity contribution in [3.63, 3.8) is 0 Å². The van der Waals surface area contributed by atoms with Gasteiger partial charge in [-0.3, -0.25) is 10.1 Å². The highest BCUT2D eigenvalue weighted by Gasteiger charge is 2.34. The van der Waals surface area contributed by atoms with Crippen molar-refractivity contribution in [3.05, 3.63) is 63.6 Å². The van der Waals surface area contributed by atoms with Gasteiger partial charge in [0.2, 0.25) is 0 Å². The van der Waals surface area contributed by atoms with Crippen molar-refractivity contribution < 1.29 is 14.4 Å². The molecule has 0 atom stereocenters. The van der Waals surface area contributed by atoms with Crippen LogP contribution < -0.4 is 5.32 Å². The fourth-order valence-corrected chi connectivity index (χ4v) is 2.95. The summed E-state index contributed by atoms with van der Waals surface area (Å²) in [6, 6.07) is 14.2. The van der Waals surface area contributed by atoms with Gasteiger partial charge in [-0.15, -0.1) is 0 Å². The van der Waals surface area contributed by atoms with E-state index in [1.54, 1.807) is 38.1 Å². The molecule has 0 saturated heterocycles. The molecule has 2 aromatic rings. The van der Waals surface area contributed by atoms with E-state index >= 15 is 0 Å². The van der Waals surface area contributed by atoms with Gasteiger partial charge in [-0.2, -0.15) is 5.06 Å². The minimum atomic E-state index is -0.797. The van der Waals surface area contributed by atoms with Gasteiger partial charge < -0.3 is 4.84 Å². The maximum Gasteiger partial charge on any atom is 0.436 e. The zero-order valence-electron chi connectivity index (χ0n) is 14.8. The lowest BCUT2D eigenvalue weighted by atomic mass is 9.95. The van der Waals surface area contributed by atoms with Gasteiger partial charge in [0.1, 0.15) is 0 Å². The predicted molar refractivity (Wildman–Crippen MR) is 114 cm³/mol. The van der Waals surface area contributed by atoms with Crippen molar-refractivity contribution in [1.82, 2.24) is 5.06 Å². The first-order valence-corrected chi connectivity index (χ1v) is 10.4. The summed E-state index contributed by atoms with van der Waals surface area (Å²) >= 11 is 12.8. The number of nitrogens with one attached hydrogen (secondary N) is 1. The van der Waals surface area contributed by atoms with E-state index < -0.39 is 11.5 Å². The molecule has 1 N–H and O–H groups in total. The van der Waals surface area contributed by atoms with E-state index in [0.29, 0.717) is 16.0 Å². The van der Waals surface area contributed by atoms with Crippen LogP contribution in [0.5, 0.6) is 0 Å². The van der Waals surface area contributed by atoms with Gasteiger partial charge in [0.25, 0.3) is 5.91 Å². The molecule has 0 bridgehead atoms. The summed E-state index contributed by atoms with van der Waals surface area (Å²) in [4.78, 5) is 30.6. The lowest BCUT2D eigenvalue weighted by molar-refractivity contribution is -0.175. The summed E-state index contributed by atoms with van der Waals surface area (Å²) in [7, 11) is 0. The van der Waals surface area contributed by atoms with Crippen LogP contribution in [-0.4, -0.2) is 22.4 Å². The first kappa shape index (κ1) is 21.7. The number of hydroxylamine groups is 2. The third kappa shape index (κ3) is 5.96. The summed E-state index contributed by atoms with van der Waals surface area (Å²) in [5.74, 6) is -0.329. The van der Waals surface area contributed by atoms with Crippen molar-refractivity contribution in [2.45, 2.75) is 20.4 Å². The average molecular weight is 519 g/mol. The third-order valence-electron chi connectivity index (χ3n) is 3.72. The Morgan fingerprint density at radius 2 is 1.78 bits per heavy atom. The molecular formula is C19H19Br2ClN2O3. The lowest BCUT2D eigenvalue weighted by Gasteiger charge is -2.29. The Kier molecular flexibility index (Phi) is 7.70. The van der Waals surface area contributed by atoms with Gasteiger partial charge in [0, 0.05) is 9.80 Å². The molecule has 0 aliphatic carbocycles. The number of benzene rings is 2. The van der Waals surface area contributed by atoms with Crippen LogP contribution in [0.4, 0.5) is 10.5 Å². The smallest absolute Gasteiger partial charge is 0.318 e. The number of nitrogens with zero attached hydrogens (tertiary/aromatic N) is 1. The van der Waals surface area contributed by atoms with Gasteiger partial charge in [0.15, 0.2) is 0 Å². The van der Waals surface area contributed by atoms with Crippen molar-refractivity contribution >= 4 is 61.1 Å². The molecule has 0 aromatic heterocycles. The Bertz CT molecular complexity index is 830. The molecule has 0 aliphatic heterocycles. The fourth-order valence-electron chi connectivity index (χ4n) is 2.12. The Hall–Kier alpha value is -1.57. The van der Waals surface area contributed by atoms with Crippen LogP contribution >= 0.6 is 43.5 Å². The van der Waals surface area contributed by atoms with E-state index in [2.05, 4.69) is 37.2 Å². The number of carbonyl (C=O) groups excluding carboxylic acids is 2. The van der Waals surface area contributed by atoms with Gasteiger partial charge in [0.05, 0.1) is 22.7 Å².